The Hall–Kier alpha value is -0.160. The second-order valence-electron chi connectivity index (χ2n) is 3.04. The van der Waals surface area contributed by atoms with Gasteiger partial charge < -0.3 is 0 Å². The molecule has 1 saturated heterocycles. The monoisotopic (exact) mass is 131 g/mol. The standard InChI is InChI=1S/C5H15N4/c1-4-7-8-5(6)9(4,2)3/h4-5,7-8H,6H2,1-3H3/q+1. The fourth-order valence-corrected chi connectivity index (χ4v) is 0.780. The van der Waals surface area contributed by atoms with E-state index in [0.29, 0.717) is 6.17 Å². The minimum atomic E-state index is 0.0139. The van der Waals surface area contributed by atoms with Crippen LogP contribution in [0, 0.1) is 0 Å². The molecular weight excluding hydrogens is 116 g/mol. The molecule has 2 unspecified atom stereocenters. The van der Waals surface area contributed by atoms with Crippen LogP contribution >= 0.6 is 0 Å². The average molecular weight is 131 g/mol. The molecule has 1 fully saturated rings. The summed E-state index contributed by atoms with van der Waals surface area (Å²) in [5.41, 5.74) is 11.7. The molecule has 1 heterocycles. The molecule has 2 atom stereocenters. The van der Waals surface area contributed by atoms with Gasteiger partial charge in [-0.15, -0.1) is 0 Å². The van der Waals surface area contributed by atoms with E-state index >= 15 is 0 Å². The van der Waals surface area contributed by atoms with Crippen LogP contribution in [0.2, 0.25) is 0 Å². The predicted molar refractivity (Wildman–Crippen MR) is 35.8 cm³/mol. The number of hydrogen-bond donors (Lipinski definition) is 3. The molecule has 0 aromatic rings. The van der Waals surface area contributed by atoms with Crippen LogP contribution in [0.25, 0.3) is 0 Å². The lowest BCUT2D eigenvalue weighted by Gasteiger charge is -2.30. The van der Waals surface area contributed by atoms with Crippen LogP contribution in [-0.4, -0.2) is 31.0 Å². The molecule has 4 nitrogen and oxygen atoms in total. The largest absolute Gasteiger partial charge is 0.284 e. The molecule has 1 rings (SSSR count). The van der Waals surface area contributed by atoms with E-state index in [0.717, 1.165) is 4.48 Å². The van der Waals surface area contributed by atoms with E-state index in [-0.39, 0.29) is 6.29 Å². The average Bonchev–Trinajstić information content (AvgIpc) is 1.96. The third-order valence-electron chi connectivity index (χ3n) is 2.16. The van der Waals surface area contributed by atoms with E-state index in [2.05, 4.69) is 31.9 Å². The quantitative estimate of drug-likeness (QED) is 0.360. The van der Waals surface area contributed by atoms with E-state index < -0.39 is 0 Å². The Bertz CT molecular complexity index is 99.5. The number of hydrazine groups is 1. The zero-order chi connectivity index (χ0) is 7.07. The summed E-state index contributed by atoms with van der Waals surface area (Å²) in [7, 11) is 4.17. The van der Waals surface area contributed by atoms with Gasteiger partial charge in [0.15, 0.2) is 6.17 Å². The Kier molecular flexibility index (Phi) is 1.48. The molecule has 1 aliphatic rings. The maximum Gasteiger partial charge on any atom is 0.211 e. The van der Waals surface area contributed by atoms with Gasteiger partial charge in [0.2, 0.25) is 6.29 Å². The second kappa shape index (κ2) is 1.91. The fourth-order valence-electron chi connectivity index (χ4n) is 0.780. The summed E-state index contributed by atoms with van der Waals surface area (Å²) < 4.78 is 0.778. The Morgan fingerprint density at radius 3 is 2.00 bits per heavy atom. The van der Waals surface area contributed by atoms with Gasteiger partial charge in [0.1, 0.15) is 0 Å². The van der Waals surface area contributed by atoms with Crippen molar-refractivity contribution in [2.24, 2.45) is 5.73 Å². The molecule has 0 saturated carbocycles. The molecule has 0 aliphatic carbocycles. The van der Waals surface area contributed by atoms with Crippen molar-refractivity contribution in [3.63, 3.8) is 0 Å². The van der Waals surface area contributed by atoms with Crippen LogP contribution in [-0.2, 0) is 0 Å². The van der Waals surface area contributed by atoms with Gasteiger partial charge in [-0.2, -0.15) is 10.9 Å². The first-order chi connectivity index (χ1) is 4.05. The number of nitrogens with two attached hydrogens (primary N) is 1. The van der Waals surface area contributed by atoms with Crippen molar-refractivity contribution in [1.82, 2.24) is 10.9 Å². The zero-order valence-corrected chi connectivity index (χ0v) is 6.18. The molecule has 0 amide bonds. The van der Waals surface area contributed by atoms with Crippen molar-refractivity contribution in [3.8, 4) is 0 Å². The van der Waals surface area contributed by atoms with Gasteiger partial charge in [0.05, 0.1) is 14.1 Å². The van der Waals surface area contributed by atoms with Gasteiger partial charge in [-0.05, 0) is 0 Å². The first-order valence-electron chi connectivity index (χ1n) is 3.15. The zero-order valence-electron chi connectivity index (χ0n) is 6.18. The molecule has 0 aromatic carbocycles. The highest BCUT2D eigenvalue weighted by Crippen LogP contribution is 2.08. The highest BCUT2D eigenvalue weighted by atomic mass is 15.7. The summed E-state index contributed by atoms with van der Waals surface area (Å²) >= 11 is 0. The summed E-state index contributed by atoms with van der Waals surface area (Å²) in [5.74, 6) is 0. The smallest absolute Gasteiger partial charge is 0.211 e. The first kappa shape index (κ1) is 6.95. The maximum absolute atomic E-state index is 5.70. The molecule has 0 aromatic heterocycles. The lowest BCUT2D eigenvalue weighted by atomic mass is 10.4. The van der Waals surface area contributed by atoms with Crippen LogP contribution in [0.4, 0.5) is 0 Å². The number of nitrogens with zero attached hydrogens (tertiary/aromatic N) is 1. The number of nitrogens with one attached hydrogen (secondary N) is 2. The lowest BCUT2D eigenvalue weighted by molar-refractivity contribution is -0.925. The number of rotatable bonds is 0. The summed E-state index contributed by atoms with van der Waals surface area (Å²) in [5, 5.41) is 0. The van der Waals surface area contributed by atoms with Crippen LogP contribution in [0.5, 0.6) is 0 Å². The van der Waals surface area contributed by atoms with Gasteiger partial charge >= 0.3 is 0 Å². The normalized spacial score (nSPS) is 41.3. The van der Waals surface area contributed by atoms with Gasteiger partial charge in [-0.25, -0.2) is 0 Å². The predicted octanol–water partition coefficient (Wildman–Crippen LogP) is -1.24. The van der Waals surface area contributed by atoms with Gasteiger partial charge in [-0.1, -0.05) is 0 Å². The van der Waals surface area contributed by atoms with Gasteiger partial charge in [0, 0.05) is 6.92 Å². The van der Waals surface area contributed by atoms with Gasteiger partial charge in [0.25, 0.3) is 0 Å². The van der Waals surface area contributed by atoms with Crippen molar-refractivity contribution in [2.75, 3.05) is 14.1 Å². The molecule has 9 heavy (non-hydrogen) atoms. The molecule has 54 valence electrons. The number of quaternary nitrogens is 1. The van der Waals surface area contributed by atoms with E-state index in [9.17, 15) is 0 Å². The maximum atomic E-state index is 5.70. The van der Waals surface area contributed by atoms with Crippen molar-refractivity contribution in [1.29, 1.82) is 0 Å². The van der Waals surface area contributed by atoms with Crippen LogP contribution in [0.15, 0.2) is 0 Å². The van der Waals surface area contributed by atoms with E-state index in [4.69, 9.17) is 5.73 Å². The molecule has 0 radical (unpaired) electrons. The van der Waals surface area contributed by atoms with Crippen molar-refractivity contribution in [2.45, 2.75) is 19.4 Å². The minimum Gasteiger partial charge on any atom is -0.284 e. The molecule has 1 aliphatic heterocycles. The van der Waals surface area contributed by atoms with Crippen molar-refractivity contribution in [3.05, 3.63) is 0 Å². The second-order valence-corrected chi connectivity index (χ2v) is 3.04. The van der Waals surface area contributed by atoms with Crippen molar-refractivity contribution < 1.29 is 4.48 Å². The highest BCUT2D eigenvalue weighted by molar-refractivity contribution is 4.55. The Labute approximate surface area is 55.6 Å². The third-order valence-corrected chi connectivity index (χ3v) is 2.16. The van der Waals surface area contributed by atoms with E-state index in [1.54, 1.807) is 0 Å². The van der Waals surface area contributed by atoms with Crippen LogP contribution in [0.3, 0.4) is 0 Å². The summed E-state index contributed by atoms with van der Waals surface area (Å²) in [6.07, 6.45) is 0.403. The number of hydrogen-bond acceptors (Lipinski definition) is 3. The molecule has 0 bridgehead atoms. The SMILES string of the molecule is CC1NNC(N)[N+]1(C)C. The highest BCUT2D eigenvalue weighted by Gasteiger charge is 2.36. The van der Waals surface area contributed by atoms with Crippen LogP contribution < -0.4 is 16.6 Å². The van der Waals surface area contributed by atoms with Crippen LogP contribution in [0.1, 0.15) is 6.92 Å². The third kappa shape index (κ3) is 0.943. The molecule has 0 spiro atoms. The Morgan fingerprint density at radius 2 is 1.89 bits per heavy atom. The lowest BCUT2D eigenvalue weighted by Crippen LogP contribution is -2.56. The minimum absolute atomic E-state index is 0.0139. The molecule has 4 heteroatoms. The Balaban J connectivity index is 2.66. The fraction of sp³-hybridized carbons (Fsp3) is 1.00. The first-order valence-corrected chi connectivity index (χ1v) is 3.15. The summed E-state index contributed by atoms with van der Waals surface area (Å²) in [6.45, 7) is 2.10. The topological polar surface area (TPSA) is 50.1 Å². The van der Waals surface area contributed by atoms with Crippen molar-refractivity contribution >= 4 is 0 Å². The molecule has 4 N–H and O–H groups in total. The molecular formula is C5H15N4+. The summed E-state index contributed by atoms with van der Waals surface area (Å²) in [6, 6.07) is 0. The van der Waals surface area contributed by atoms with E-state index in [1.165, 1.54) is 0 Å². The van der Waals surface area contributed by atoms with Gasteiger partial charge in [-0.3, -0.25) is 10.2 Å². The van der Waals surface area contributed by atoms with E-state index in [1.807, 2.05) is 0 Å². The Morgan fingerprint density at radius 1 is 1.33 bits per heavy atom. The summed E-state index contributed by atoms with van der Waals surface area (Å²) in [4.78, 5) is 0.